The summed E-state index contributed by atoms with van der Waals surface area (Å²) in [5.74, 6) is -0.357. The van der Waals surface area contributed by atoms with Crippen molar-refractivity contribution in [1.82, 2.24) is 24.6 Å². The number of nitrogens with one attached hydrogen (secondary N) is 1. The van der Waals surface area contributed by atoms with Crippen LogP contribution in [0, 0.1) is 13.8 Å². The molecule has 1 N–H and O–H groups in total. The second-order valence-corrected chi connectivity index (χ2v) is 12.8. The van der Waals surface area contributed by atoms with Crippen molar-refractivity contribution < 1.29 is 9.59 Å². The van der Waals surface area contributed by atoms with E-state index in [1.165, 1.54) is 28.2 Å². The molecular weight excluding hydrogens is 587 g/mol. The van der Waals surface area contributed by atoms with E-state index >= 15 is 0 Å². The summed E-state index contributed by atoms with van der Waals surface area (Å²) in [6.45, 7) is 4.45. The van der Waals surface area contributed by atoms with Gasteiger partial charge in [-0.25, -0.2) is 9.97 Å². The van der Waals surface area contributed by atoms with Gasteiger partial charge in [0.05, 0.1) is 21.6 Å². The first-order chi connectivity index (χ1) is 21.5. The predicted octanol–water partition coefficient (Wildman–Crippen LogP) is 7.21. The van der Waals surface area contributed by atoms with Crippen LogP contribution in [0.1, 0.15) is 49.2 Å². The van der Waals surface area contributed by atoms with Crippen LogP contribution >= 0.6 is 22.7 Å². The number of carbonyl (C=O) groups is 2. The van der Waals surface area contributed by atoms with Crippen molar-refractivity contribution in [2.75, 3.05) is 6.54 Å². The molecule has 0 saturated carbocycles. The van der Waals surface area contributed by atoms with E-state index in [4.69, 9.17) is 4.98 Å². The van der Waals surface area contributed by atoms with Crippen LogP contribution in [-0.2, 0) is 13.0 Å². The minimum Gasteiger partial charge on any atom is -0.349 e. The van der Waals surface area contributed by atoms with Gasteiger partial charge >= 0.3 is 0 Å². The molecule has 0 bridgehead atoms. The van der Waals surface area contributed by atoms with Gasteiger partial charge < -0.3 is 10.2 Å². The number of nitrogens with zero attached hydrogens (tertiary/aromatic N) is 4. The number of benzene rings is 3. The molecule has 44 heavy (non-hydrogen) atoms. The Balaban J connectivity index is 1.35. The topological polar surface area (TPSA) is 79.6 Å². The summed E-state index contributed by atoms with van der Waals surface area (Å²) in [6, 6.07) is 29.9. The molecule has 0 aliphatic heterocycles. The SMILES string of the molecule is Cc1nc(C(=O)N(Cc2ccccc2)[C@@H](CCc2ccccc2)CNC(=O)c2c(C)nc3sccn23)c(-c2ccccc2)s1. The zero-order valence-corrected chi connectivity index (χ0v) is 26.3. The van der Waals surface area contributed by atoms with E-state index in [9.17, 15) is 9.59 Å². The van der Waals surface area contributed by atoms with Crippen LogP contribution in [0.5, 0.6) is 0 Å². The van der Waals surface area contributed by atoms with E-state index < -0.39 is 0 Å². The van der Waals surface area contributed by atoms with Crippen LogP contribution in [0.2, 0.25) is 0 Å². The fraction of sp³-hybridized carbons (Fsp3) is 0.200. The van der Waals surface area contributed by atoms with Crippen molar-refractivity contribution in [3.05, 3.63) is 136 Å². The first-order valence-electron chi connectivity index (χ1n) is 14.6. The van der Waals surface area contributed by atoms with E-state index in [1.807, 2.05) is 114 Å². The highest BCUT2D eigenvalue weighted by molar-refractivity contribution is 7.15. The van der Waals surface area contributed by atoms with E-state index in [-0.39, 0.29) is 24.4 Å². The molecule has 0 fully saturated rings. The Morgan fingerprint density at radius 3 is 2.25 bits per heavy atom. The fourth-order valence-corrected chi connectivity index (χ4v) is 7.12. The smallest absolute Gasteiger partial charge is 0.274 e. The molecule has 0 aliphatic rings. The number of rotatable bonds is 11. The molecule has 6 rings (SSSR count). The van der Waals surface area contributed by atoms with Crippen molar-refractivity contribution in [2.45, 2.75) is 39.3 Å². The maximum Gasteiger partial charge on any atom is 0.274 e. The molecule has 0 saturated heterocycles. The second kappa shape index (κ2) is 13.4. The average Bonchev–Trinajstić information content (AvgIpc) is 3.75. The lowest BCUT2D eigenvalue weighted by Gasteiger charge is -2.32. The maximum absolute atomic E-state index is 14.6. The van der Waals surface area contributed by atoms with Crippen molar-refractivity contribution >= 4 is 39.4 Å². The number of aryl methyl sites for hydroxylation is 3. The summed E-state index contributed by atoms with van der Waals surface area (Å²) in [4.78, 5) is 41.0. The van der Waals surface area contributed by atoms with Crippen molar-refractivity contribution in [3.63, 3.8) is 0 Å². The van der Waals surface area contributed by atoms with Gasteiger partial charge in [-0.15, -0.1) is 22.7 Å². The Labute approximate surface area is 264 Å². The van der Waals surface area contributed by atoms with Crippen LogP contribution in [0.15, 0.2) is 103 Å². The molecule has 0 unspecified atom stereocenters. The number of carbonyl (C=O) groups excluding carboxylic acids is 2. The van der Waals surface area contributed by atoms with Crippen LogP contribution < -0.4 is 5.32 Å². The second-order valence-electron chi connectivity index (χ2n) is 10.7. The number of amides is 2. The van der Waals surface area contributed by atoms with Gasteiger partial charge in [0.25, 0.3) is 11.8 Å². The van der Waals surface area contributed by atoms with Gasteiger partial charge in [-0.3, -0.25) is 14.0 Å². The van der Waals surface area contributed by atoms with Gasteiger partial charge in [-0.1, -0.05) is 91.0 Å². The van der Waals surface area contributed by atoms with Gasteiger partial charge in [0, 0.05) is 24.7 Å². The monoisotopic (exact) mass is 619 g/mol. The Bertz CT molecular complexity index is 1860. The predicted molar refractivity (Wildman–Crippen MR) is 177 cm³/mol. The normalized spacial score (nSPS) is 11.9. The third-order valence-electron chi connectivity index (χ3n) is 7.63. The number of imidazole rings is 1. The molecule has 6 aromatic rings. The number of hydrogen-bond donors (Lipinski definition) is 1. The largest absolute Gasteiger partial charge is 0.349 e. The Morgan fingerprint density at radius 2 is 1.55 bits per heavy atom. The van der Waals surface area contributed by atoms with Gasteiger partial charge in [0.1, 0.15) is 11.4 Å². The zero-order chi connectivity index (χ0) is 30.5. The molecule has 0 spiro atoms. The lowest BCUT2D eigenvalue weighted by atomic mass is 10.0. The minimum atomic E-state index is -0.302. The van der Waals surface area contributed by atoms with Crippen LogP contribution in [-0.4, -0.2) is 43.7 Å². The summed E-state index contributed by atoms with van der Waals surface area (Å²) in [5.41, 5.74) is 4.79. The fourth-order valence-electron chi connectivity index (χ4n) is 5.45. The van der Waals surface area contributed by atoms with Crippen molar-refractivity contribution in [1.29, 1.82) is 0 Å². The van der Waals surface area contributed by atoms with E-state index in [0.29, 0.717) is 30.0 Å². The highest BCUT2D eigenvalue weighted by Gasteiger charge is 2.30. The van der Waals surface area contributed by atoms with Gasteiger partial charge in [0.15, 0.2) is 4.96 Å². The van der Waals surface area contributed by atoms with Crippen molar-refractivity contribution in [3.8, 4) is 10.4 Å². The molecule has 2 amide bonds. The number of aromatic nitrogens is 3. The molecular formula is C35H33N5O2S2. The van der Waals surface area contributed by atoms with E-state index in [1.54, 1.807) is 0 Å². The van der Waals surface area contributed by atoms with E-state index in [2.05, 4.69) is 22.4 Å². The summed E-state index contributed by atoms with van der Waals surface area (Å²) in [5, 5.41) is 5.91. The molecule has 1 atom stereocenters. The highest BCUT2D eigenvalue weighted by atomic mass is 32.1. The summed E-state index contributed by atoms with van der Waals surface area (Å²) >= 11 is 3.02. The molecule has 3 aromatic carbocycles. The van der Waals surface area contributed by atoms with E-state index in [0.717, 1.165) is 32.4 Å². The quantitative estimate of drug-likeness (QED) is 0.166. The third-order valence-corrected chi connectivity index (χ3v) is 9.41. The first kappa shape index (κ1) is 29.5. The first-order valence-corrected chi connectivity index (χ1v) is 16.3. The van der Waals surface area contributed by atoms with Gasteiger partial charge in [0.2, 0.25) is 0 Å². The minimum absolute atomic E-state index is 0.148. The lowest BCUT2D eigenvalue weighted by Crippen LogP contribution is -2.47. The van der Waals surface area contributed by atoms with Crippen LogP contribution in [0.3, 0.4) is 0 Å². The van der Waals surface area contributed by atoms with Crippen LogP contribution in [0.25, 0.3) is 15.4 Å². The summed E-state index contributed by atoms with van der Waals surface area (Å²) in [6.07, 6.45) is 3.27. The molecule has 0 radical (unpaired) electrons. The number of hydrogen-bond acceptors (Lipinski definition) is 6. The summed E-state index contributed by atoms with van der Waals surface area (Å²) < 4.78 is 1.82. The molecule has 9 heteroatoms. The molecule has 3 aromatic heterocycles. The molecule has 3 heterocycles. The maximum atomic E-state index is 14.6. The number of thiazole rings is 2. The Kier molecular flexibility index (Phi) is 8.95. The number of fused-ring (bicyclic) bond motifs is 1. The third kappa shape index (κ3) is 6.49. The van der Waals surface area contributed by atoms with Crippen LogP contribution in [0.4, 0.5) is 0 Å². The summed E-state index contributed by atoms with van der Waals surface area (Å²) in [7, 11) is 0. The van der Waals surface area contributed by atoms with Crippen molar-refractivity contribution in [2.24, 2.45) is 0 Å². The average molecular weight is 620 g/mol. The standard InChI is InChI=1S/C35H33N5O2S2/c1-24-31(39-20-21-43-35(39)37-24)33(41)36-22-29(19-18-26-12-6-3-7-13-26)40(23-27-14-8-4-9-15-27)34(42)30-32(44-25(2)38-30)28-16-10-5-11-17-28/h3-17,20-21,29H,18-19,22-23H2,1-2H3,(H,36,41)/t29-/m0/s1. The molecule has 7 nitrogen and oxygen atoms in total. The lowest BCUT2D eigenvalue weighted by molar-refractivity contribution is 0.0633. The Morgan fingerprint density at radius 1 is 0.886 bits per heavy atom. The van der Waals surface area contributed by atoms with Gasteiger partial charge in [-0.2, -0.15) is 0 Å². The van der Waals surface area contributed by atoms with Gasteiger partial charge in [-0.05, 0) is 43.4 Å². The molecule has 222 valence electrons. The molecule has 0 aliphatic carbocycles. The highest BCUT2D eigenvalue weighted by Crippen LogP contribution is 2.32. The zero-order valence-electron chi connectivity index (χ0n) is 24.6. The Hall–Kier alpha value is -4.60.